The van der Waals surface area contributed by atoms with Crippen LogP contribution in [0.25, 0.3) is 5.52 Å². The number of rotatable bonds is 5. The van der Waals surface area contributed by atoms with Crippen molar-refractivity contribution in [1.82, 2.24) is 19.9 Å². The first-order chi connectivity index (χ1) is 14.0. The van der Waals surface area contributed by atoms with Crippen LogP contribution in [-0.4, -0.2) is 26.4 Å². The van der Waals surface area contributed by atoms with Crippen LogP contribution >= 0.6 is 0 Å². The van der Waals surface area contributed by atoms with E-state index in [1.807, 2.05) is 0 Å². The molecule has 0 saturated heterocycles. The van der Waals surface area contributed by atoms with Gasteiger partial charge < -0.3 is 15.2 Å². The van der Waals surface area contributed by atoms with Gasteiger partial charge in [-0.05, 0) is 25.1 Å². The Bertz CT molecular complexity index is 1210. The van der Waals surface area contributed by atoms with Crippen molar-refractivity contribution in [2.24, 2.45) is 0 Å². The van der Waals surface area contributed by atoms with Crippen LogP contribution in [0.4, 0.5) is 10.2 Å². The molecular weight excluding hydrogens is 377 g/mol. The van der Waals surface area contributed by atoms with Crippen LogP contribution in [0.2, 0.25) is 0 Å². The molecule has 2 N–H and O–H groups in total. The smallest absolute Gasteiger partial charge is 0.293 e. The van der Waals surface area contributed by atoms with Crippen molar-refractivity contribution in [2.45, 2.75) is 13.5 Å². The highest BCUT2D eigenvalue weighted by molar-refractivity contribution is 6.05. The van der Waals surface area contributed by atoms with Crippen molar-refractivity contribution >= 4 is 23.1 Å². The zero-order valence-electron chi connectivity index (χ0n) is 15.3. The lowest BCUT2D eigenvalue weighted by Gasteiger charge is -2.05. The number of carbonyl (C=O) groups is 2. The van der Waals surface area contributed by atoms with Crippen LogP contribution in [0.5, 0.6) is 0 Å². The van der Waals surface area contributed by atoms with E-state index in [0.29, 0.717) is 16.8 Å². The second-order valence-electron chi connectivity index (χ2n) is 6.29. The summed E-state index contributed by atoms with van der Waals surface area (Å²) in [6, 6.07) is 12.8. The van der Waals surface area contributed by atoms with Crippen molar-refractivity contribution in [1.29, 1.82) is 0 Å². The van der Waals surface area contributed by atoms with Gasteiger partial charge in [-0.25, -0.2) is 9.37 Å². The summed E-state index contributed by atoms with van der Waals surface area (Å²) in [6.07, 6.45) is 1.62. The van der Waals surface area contributed by atoms with Gasteiger partial charge in [0.15, 0.2) is 11.5 Å². The number of carbonyl (C=O) groups excluding carboxylic acids is 2. The van der Waals surface area contributed by atoms with E-state index in [4.69, 9.17) is 4.52 Å². The maximum atomic E-state index is 13.8. The van der Waals surface area contributed by atoms with Crippen molar-refractivity contribution in [2.75, 3.05) is 5.32 Å². The number of halogens is 1. The largest absolute Gasteiger partial charge is 0.360 e. The molecule has 0 atom stereocenters. The Morgan fingerprint density at radius 3 is 2.69 bits per heavy atom. The van der Waals surface area contributed by atoms with Gasteiger partial charge in [-0.15, -0.1) is 0 Å². The molecule has 2 amide bonds. The number of aryl methyl sites for hydroxylation is 1. The summed E-state index contributed by atoms with van der Waals surface area (Å²) >= 11 is 0. The molecule has 8 nitrogen and oxygen atoms in total. The zero-order valence-corrected chi connectivity index (χ0v) is 15.3. The molecule has 9 heteroatoms. The predicted octanol–water partition coefficient (Wildman–Crippen LogP) is 2.95. The average Bonchev–Trinajstić information content (AvgIpc) is 3.30. The highest BCUT2D eigenvalue weighted by Crippen LogP contribution is 2.16. The Morgan fingerprint density at radius 1 is 1.14 bits per heavy atom. The van der Waals surface area contributed by atoms with E-state index in [1.165, 1.54) is 10.5 Å². The molecule has 0 fully saturated rings. The molecule has 0 aliphatic heterocycles. The van der Waals surface area contributed by atoms with Gasteiger partial charge in [0.05, 0.1) is 5.52 Å². The second-order valence-corrected chi connectivity index (χ2v) is 6.29. The highest BCUT2D eigenvalue weighted by atomic mass is 19.1. The molecule has 146 valence electrons. The van der Waals surface area contributed by atoms with Crippen LogP contribution in [-0.2, 0) is 6.54 Å². The number of benzene rings is 1. The molecule has 0 saturated carbocycles. The number of pyridine rings is 1. The lowest BCUT2D eigenvalue weighted by atomic mass is 10.2. The zero-order chi connectivity index (χ0) is 20.4. The molecule has 0 radical (unpaired) electrons. The highest BCUT2D eigenvalue weighted by Gasteiger charge is 2.22. The first-order valence-corrected chi connectivity index (χ1v) is 8.76. The molecule has 0 aliphatic rings. The third-order valence-electron chi connectivity index (χ3n) is 4.23. The molecule has 4 rings (SSSR count). The standard InChI is InChI=1S/C20H16FN5O3/c1-12-10-16(25-29-12)23-20(28)18-24-17(15-8-4-5-9-26(15)18)19(27)22-11-13-6-2-3-7-14(13)21/h2-10H,11H2,1H3,(H,22,27)(H,23,25,28). The van der Waals surface area contributed by atoms with Crippen molar-refractivity contribution in [3.63, 3.8) is 0 Å². The monoisotopic (exact) mass is 393 g/mol. The van der Waals surface area contributed by atoms with E-state index >= 15 is 0 Å². The van der Waals surface area contributed by atoms with E-state index in [0.717, 1.165) is 0 Å². The third-order valence-corrected chi connectivity index (χ3v) is 4.23. The molecule has 0 aliphatic carbocycles. The quantitative estimate of drug-likeness (QED) is 0.543. The molecule has 0 bridgehead atoms. The number of nitrogens with one attached hydrogen (secondary N) is 2. The summed E-state index contributed by atoms with van der Waals surface area (Å²) in [5, 5.41) is 8.94. The number of nitrogens with zero attached hydrogens (tertiary/aromatic N) is 3. The third kappa shape index (κ3) is 3.70. The van der Waals surface area contributed by atoms with Gasteiger partial charge in [-0.3, -0.25) is 14.0 Å². The van der Waals surface area contributed by atoms with Gasteiger partial charge in [-0.1, -0.05) is 29.4 Å². The van der Waals surface area contributed by atoms with Crippen molar-refractivity contribution in [3.8, 4) is 0 Å². The van der Waals surface area contributed by atoms with Gasteiger partial charge >= 0.3 is 0 Å². The van der Waals surface area contributed by atoms with E-state index < -0.39 is 17.6 Å². The lowest BCUT2D eigenvalue weighted by Crippen LogP contribution is -2.24. The fourth-order valence-electron chi connectivity index (χ4n) is 2.86. The fraction of sp³-hybridized carbons (Fsp3) is 0.100. The molecule has 3 aromatic heterocycles. The van der Waals surface area contributed by atoms with E-state index in [1.54, 1.807) is 55.6 Å². The minimum atomic E-state index is -0.548. The SMILES string of the molecule is Cc1cc(NC(=O)c2nc(C(=O)NCc3ccccc3F)c3ccccn23)no1. The number of fused-ring (bicyclic) bond motifs is 1. The number of imidazole rings is 1. The van der Waals surface area contributed by atoms with Crippen LogP contribution in [0.3, 0.4) is 0 Å². The summed E-state index contributed by atoms with van der Waals surface area (Å²) in [6.45, 7) is 1.70. The predicted molar refractivity (Wildman–Crippen MR) is 102 cm³/mol. The Hall–Kier alpha value is -4.01. The summed E-state index contributed by atoms with van der Waals surface area (Å²) < 4.78 is 20.2. The Balaban J connectivity index is 1.60. The van der Waals surface area contributed by atoms with E-state index in [9.17, 15) is 14.0 Å². The molecule has 29 heavy (non-hydrogen) atoms. The lowest BCUT2D eigenvalue weighted by molar-refractivity contribution is 0.0947. The summed E-state index contributed by atoms with van der Waals surface area (Å²) in [5.74, 6) is -0.684. The molecule has 1 aromatic carbocycles. The average molecular weight is 393 g/mol. The van der Waals surface area contributed by atoms with Gasteiger partial charge in [0, 0.05) is 24.4 Å². The Morgan fingerprint density at radius 2 is 1.93 bits per heavy atom. The second kappa shape index (κ2) is 7.55. The summed E-state index contributed by atoms with van der Waals surface area (Å²) in [5.41, 5.74) is 0.854. The van der Waals surface area contributed by atoms with Crippen LogP contribution < -0.4 is 10.6 Å². The van der Waals surface area contributed by atoms with Gasteiger partial charge in [0.2, 0.25) is 5.82 Å². The summed E-state index contributed by atoms with van der Waals surface area (Å²) in [7, 11) is 0. The topological polar surface area (TPSA) is 102 Å². The van der Waals surface area contributed by atoms with Crippen molar-refractivity contribution < 1.29 is 18.5 Å². The minimum absolute atomic E-state index is 0.00287. The van der Waals surface area contributed by atoms with Crippen LogP contribution in [0, 0.1) is 12.7 Å². The Labute approximate surface area is 164 Å². The van der Waals surface area contributed by atoms with Gasteiger partial charge in [0.1, 0.15) is 11.6 Å². The van der Waals surface area contributed by atoms with Gasteiger partial charge in [0.25, 0.3) is 11.8 Å². The van der Waals surface area contributed by atoms with Crippen molar-refractivity contribution in [3.05, 3.63) is 83.4 Å². The number of anilines is 1. The fourth-order valence-corrected chi connectivity index (χ4v) is 2.86. The van der Waals surface area contributed by atoms with E-state index in [-0.39, 0.29) is 23.9 Å². The maximum absolute atomic E-state index is 13.8. The minimum Gasteiger partial charge on any atom is -0.360 e. The number of hydrogen-bond donors (Lipinski definition) is 2. The number of amides is 2. The molecule has 3 heterocycles. The number of aromatic nitrogens is 3. The first kappa shape index (κ1) is 18.4. The van der Waals surface area contributed by atoms with Crippen LogP contribution in [0.15, 0.2) is 59.3 Å². The molecule has 0 spiro atoms. The summed E-state index contributed by atoms with van der Waals surface area (Å²) in [4.78, 5) is 29.5. The number of hydrogen-bond acceptors (Lipinski definition) is 5. The normalized spacial score (nSPS) is 10.8. The molecule has 4 aromatic rings. The first-order valence-electron chi connectivity index (χ1n) is 8.76. The van der Waals surface area contributed by atoms with E-state index in [2.05, 4.69) is 20.8 Å². The molecular formula is C20H16FN5O3. The van der Waals surface area contributed by atoms with Gasteiger partial charge in [-0.2, -0.15) is 0 Å². The van der Waals surface area contributed by atoms with Crippen LogP contribution in [0.1, 0.15) is 32.4 Å². The molecule has 0 unspecified atom stereocenters. The Kier molecular flexibility index (Phi) is 4.78. The maximum Gasteiger partial charge on any atom is 0.293 e.